The lowest BCUT2D eigenvalue weighted by atomic mass is 9.73. The van der Waals surface area contributed by atoms with E-state index in [0.29, 0.717) is 24.9 Å². The maximum Gasteiger partial charge on any atom is 0.416 e. The molecule has 1 saturated heterocycles. The van der Waals surface area contributed by atoms with Gasteiger partial charge in [0.25, 0.3) is 0 Å². The van der Waals surface area contributed by atoms with E-state index >= 15 is 0 Å². The van der Waals surface area contributed by atoms with Crippen LogP contribution in [0.4, 0.5) is 13.2 Å². The Morgan fingerprint density at radius 1 is 1.20 bits per heavy atom. The van der Waals surface area contributed by atoms with Crippen molar-refractivity contribution in [3.05, 3.63) is 28.8 Å². The van der Waals surface area contributed by atoms with Gasteiger partial charge in [-0.1, -0.05) is 13.8 Å². The van der Waals surface area contributed by atoms with Crippen molar-refractivity contribution in [1.82, 2.24) is 10.2 Å². The summed E-state index contributed by atoms with van der Waals surface area (Å²) in [6.45, 7) is 5.68. The first-order chi connectivity index (χ1) is 16.3. The second kappa shape index (κ2) is 9.64. The normalized spacial score (nSPS) is 26.3. The molecule has 2 fully saturated rings. The number of hydrogen-bond donors (Lipinski definition) is 2. The van der Waals surface area contributed by atoms with Crippen molar-refractivity contribution in [2.75, 3.05) is 19.8 Å². The Balaban J connectivity index is 1.58. The van der Waals surface area contributed by atoms with Gasteiger partial charge in [0.15, 0.2) is 0 Å². The highest BCUT2D eigenvalue weighted by atomic mass is 32.2. The molecule has 0 aromatic heterocycles. The molecule has 1 amide bonds. The first-order valence-corrected chi connectivity index (χ1v) is 13.7. The van der Waals surface area contributed by atoms with E-state index < -0.39 is 32.1 Å². The zero-order chi connectivity index (χ0) is 25.6. The highest BCUT2D eigenvalue weighted by molar-refractivity contribution is 7.89. The number of hydrogen-bond acceptors (Lipinski definition) is 5. The minimum Gasteiger partial charge on any atom is -0.381 e. The van der Waals surface area contributed by atoms with E-state index in [2.05, 4.69) is 5.32 Å². The smallest absolute Gasteiger partial charge is 0.381 e. The number of nitrogens with zero attached hydrogens (tertiary/aromatic N) is 1. The molecule has 2 aliphatic heterocycles. The molecule has 3 N–H and O–H groups in total. The van der Waals surface area contributed by atoms with Crippen LogP contribution in [0.5, 0.6) is 0 Å². The van der Waals surface area contributed by atoms with Crippen LogP contribution in [-0.2, 0) is 38.7 Å². The summed E-state index contributed by atoms with van der Waals surface area (Å²) < 4.78 is 70.1. The minimum atomic E-state index is -4.73. The Kier molecular flexibility index (Phi) is 7.27. The van der Waals surface area contributed by atoms with Crippen LogP contribution in [0.3, 0.4) is 0 Å². The molecule has 0 bridgehead atoms. The molecule has 0 radical (unpaired) electrons. The number of carbonyl (C=O) groups excluding carboxylic acids is 1. The zero-order valence-electron chi connectivity index (χ0n) is 20.2. The van der Waals surface area contributed by atoms with E-state index in [4.69, 9.17) is 9.88 Å². The SMILES string of the molecule is CC(C)[C@]1(C(=O)N2CCc3c(cc(C(F)(F)F)cc3S(N)(=O)=O)C2)CC[C@@H](NC2CCOCC2)C1. The number of alkyl halides is 3. The predicted molar refractivity (Wildman–Crippen MR) is 124 cm³/mol. The third-order valence-corrected chi connectivity index (χ3v) is 8.97. The molecule has 0 unspecified atom stereocenters. The molecule has 0 spiro atoms. The van der Waals surface area contributed by atoms with Gasteiger partial charge in [-0.05, 0) is 67.7 Å². The lowest BCUT2D eigenvalue weighted by molar-refractivity contribution is -0.146. The topological polar surface area (TPSA) is 102 Å². The minimum absolute atomic E-state index is 0.0550. The molecule has 2 atom stereocenters. The zero-order valence-corrected chi connectivity index (χ0v) is 21.0. The van der Waals surface area contributed by atoms with Gasteiger partial charge in [-0.15, -0.1) is 0 Å². The number of halogens is 3. The molecule has 4 rings (SSSR count). The van der Waals surface area contributed by atoms with E-state index in [9.17, 15) is 26.4 Å². The maximum absolute atomic E-state index is 13.9. The number of nitrogens with one attached hydrogen (secondary N) is 1. The summed E-state index contributed by atoms with van der Waals surface area (Å²) in [6.07, 6.45) is -0.462. The lowest BCUT2D eigenvalue weighted by Gasteiger charge is -2.40. The largest absolute Gasteiger partial charge is 0.416 e. The number of ether oxygens (including phenoxy) is 1. The van der Waals surface area contributed by atoms with E-state index in [1.165, 1.54) is 0 Å². The molecule has 196 valence electrons. The maximum atomic E-state index is 13.9. The molecule has 1 aromatic carbocycles. The number of carbonyl (C=O) groups is 1. The van der Waals surface area contributed by atoms with Crippen molar-refractivity contribution in [2.45, 2.75) is 82.1 Å². The molecule has 7 nitrogen and oxygen atoms in total. The van der Waals surface area contributed by atoms with Crippen LogP contribution in [0.25, 0.3) is 0 Å². The Morgan fingerprint density at radius 3 is 2.49 bits per heavy atom. The van der Waals surface area contributed by atoms with Crippen LogP contribution in [0.1, 0.15) is 62.6 Å². The Bertz CT molecular complexity index is 1070. The molecule has 2 heterocycles. The van der Waals surface area contributed by atoms with Crippen molar-refractivity contribution < 1.29 is 31.1 Å². The number of sulfonamides is 1. The second-order valence-corrected chi connectivity index (χ2v) is 12.0. The van der Waals surface area contributed by atoms with E-state index in [0.717, 1.165) is 38.5 Å². The predicted octanol–water partition coefficient (Wildman–Crippen LogP) is 3.20. The molecule has 35 heavy (non-hydrogen) atoms. The first kappa shape index (κ1) is 26.4. The van der Waals surface area contributed by atoms with Crippen molar-refractivity contribution in [3.8, 4) is 0 Å². The Hall–Kier alpha value is -1.69. The molecule has 11 heteroatoms. The monoisotopic (exact) mass is 517 g/mol. The van der Waals surface area contributed by atoms with Gasteiger partial charge in [-0.25, -0.2) is 13.6 Å². The van der Waals surface area contributed by atoms with Gasteiger partial charge in [0.1, 0.15) is 0 Å². The highest BCUT2D eigenvalue weighted by Crippen LogP contribution is 2.47. The van der Waals surface area contributed by atoms with Gasteiger partial charge < -0.3 is 15.0 Å². The van der Waals surface area contributed by atoms with Crippen molar-refractivity contribution in [2.24, 2.45) is 16.5 Å². The fourth-order valence-electron chi connectivity index (χ4n) is 5.95. The van der Waals surface area contributed by atoms with Crippen LogP contribution in [-0.4, -0.2) is 51.1 Å². The van der Waals surface area contributed by atoms with Crippen molar-refractivity contribution in [1.29, 1.82) is 0 Å². The summed E-state index contributed by atoms with van der Waals surface area (Å²) in [5.41, 5.74) is -1.22. The highest BCUT2D eigenvalue weighted by Gasteiger charge is 2.50. The van der Waals surface area contributed by atoms with Crippen LogP contribution in [0.15, 0.2) is 17.0 Å². The number of amides is 1. The van der Waals surface area contributed by atoms with Crippen LogP contribution >= 0.6 is 0 Å². The third kappa shape index (κ3) is 5.38. The summed E-state index contributed by atoms with van der Waals surface area (Å²) in [7, 11) is -4.35. The average molecular weight is 518 g/mol. The van der Waals surface area contributed by atoms with Crippen LogP contribution in [0, 0.1) is 11.3 Å². The van der Waals surface area contributed by atoms with Crippen molar-refractivity contribution >= 4 is 15.9 Å². The molecule has 3 aliphatic rings. The number of fused-ring (bicyclic) bond motifs is 1. The second-order valence-electron chi connectivity index (χ2n) is 10.4. The molecular formula is C24H34F3N3O4S. The summed E-state index contributed by atoms with van der Waals surface area (Å²) in [4.78, 5) is 15.0. The summed E-state index contributed by atoms with van der Waals surface area (Å²) in [6, 6.07) is 2.12. The first-order valence-electron chi connectivity index (χ1n) is 12.2. The standard InChI is InChI=1S/C24H34F3N3O4S/c1-15(2)23(7-3-19(13-23)29-18-5-9-34-10-6-18)22(31)30-8-4-20-16(14-30)11-17(24(25,26)27)12-21(20)35(28,32)33/h11-12,15,18-19,29H,3-10,13-14H2,1-2H3,(H2,28,32,33)/t19-,23+/m1/s1. The van der Waals surface area contributed by atoms with Gasteiger partial charge in [-0.3, -0.25) is 4.79 Å². The lowest BCUT2D eigenvalue weighted by Crippen LogP contribution is -2.49. The van der Waals surface area contributed by atoms with Gasteiger partial charge in [-0.2, -0.15) is 13.2 Å². The quantitative estimate of drug-likeness (QED) is 0.625. The summed E-state index contributed by atoms with van der Waals surface area (Å²) in [5, 5.41) is 8.94. The average Bonchev–Trinajstić information content (AvgIpc) is 3.22. The van der Waals surface area contributed by atoms with Crippen LogP contribution in [0.2, 0.25) is 0 Å². The molecule has 1 saturated carbocycles. The van der Waals surface area contributed by atoms with Gasteiger partial charge in [0, 0.05) is 38.4 Å². The summed E-state index contributed by atoms with van der Waals surface area (Å²) in [5.74, 6) is -0.0108. The van der Waals surface area contributed by atoms with Gasteiger partial charge >= 0.3 is 6.18 Å². The number of primary sulfonamides is 1. The van der Waals surface area contributed by atoms with Gasteiger partial charge in [0.05, 0.1) is 15.9 Å². The van der Waals surface area contributed by atoms with E-state index in [1.807, 2.05) is 13.8 Å². The number of benzene rings is 1. The fraction of sp³-hybridized carbons (Fsp3) is 0.708. The number of rotatable bonds is 5. The van der Waals surface area contributed by atoms with E-state index in [-0.39, 0.29) is 48.5 Å². The van der Waals surface area contributed by atoms with Crippen LogP contribution < -0.4 is 10.5 Å². The van der Waals surface area contributed by atoms with Crippen molar-refractivity contribution in [3.63, 3.8) is 0 Å². The third-order valence-electron chi connectivity index (χ3n) is 7.99. The molecule has 1 aromatic rings. The molecular weight excluding hydrogens is 483 g/mol. The fourth-order valence-corrected chi connectivity index (χ4v) is 6.81. The number of nitrogens with two attached hydrogens (primary N) is 1. The summed E-state index contributed by atoms with van der Waals surface area (Å²) >= 11 is 0. The Morgan fingerprint density at radius 2 is 1.89 bits per heavy atom. The van der Waals surface area contributed by atoms with Gasteiger partial charge in [0.2, 0.25) is 15.9 Å². The van der Waals surface area contributed by atoms with E-state index in [1.54, 1.807) is 4.90 Å². The Labute approximate surface area is 204 Å². The molecule has 1 aliphatic carbocycles.